The molecule has 0 aliphatic heterocycles. The van der Waals surface area contributed by atoms with Crippen molar-refractivity contribution in [1.82, 2.24) is 0 Å². The van der Waals surface area contributed by atoms with E-state index >= 15 is 0 Å². The van der Waals surface area contributed by atoms with Crippen molar-refractivity contribution in [3.63, 3.8) is 0 Å². The van der Waals surface area contributed by atoms with E-state index < -0.39 is 0 Å². The molecule has 14 heavy (non-hydrogen) atoms. The van der Waals surface area contributed by atoms with Gasteiger partial charge in [-0.05, 0) is 35.5 Å². The molecule has 0 bridgehead atoms. The van der Waals surface area contributed by atoms with Crippen LogP contribution in [0.15, 0.2) is 0 Å². The van der Waals surface area contributed by atoms with E-state index in [0.717, 1.165) is 0 Å². The van der Waals surface area contributed by atoms with Gasteiger partial charge in [-0.25, -0.2) is 0 Å². The van der Waals surface area contributed by atoms with Crippen molar-refractivity contribution in [3.05, 3.63) is 0 Å². The molecule has 1 aliphatic carbocycles. The fourth-order valence-corrected chi connectivity index (χ4v) is 3.57. The molecule has 0 aromatic carbocycles. The summed E-state index contributed by atoms with van der Waals surface area (Å²) >= 11 is 0. The molecule has 0 spiro atoms. The summed E-state index contributed by atoms with van der Waals surface area (Å²) in [7, 11) is 0. The molecule has 1 atom stereocenters. The van der Waals surface area contributed by atoms with Crippen molar-refractivity contribution in [2.24, 2.45) is 22.0 Å². The fourth-order valence-electron chi connectivity index (χ4n) is 3.57. The third-order valence-electron chi connectivity index (χ3n) is 4.42. The second-order valence-electron chi connectivity index (χ2n) is 7.08. The highest BCUT2D eigenvalue weighted by Gasteiger charge is 2.53. The molecule has 1 aliphatic rings. The van der Waals surface area contributed by atoms with Gasteiger partial charge in [-0.15, -0.1) is 0 Å². The molecule has 0 unspecified atom stereocenters. The lowest BCUT2D eigenvalue weighted by molar-refractivity contribution is -0.0265. The molecule has 1 rings (SSSR count). The Bertz CT molecular complexity index is 190. The molecular formula is C13H27N. The van der Waals surface area contributed by atoms with Crippen LogP contribution in [0.25, 0.3) is 0 Å². The van der Waals surface area contributed by atoms with Crippen LogP contribution in [0.3, 0.4) is 0 Å². The monoisotopic (exact) mass is 197 g/mol. The lowest BCUT2D eigenvalue weighted by atomic mass is 9.53. The molecule has 1 nitrogen and oxygen atoms in total. The van der Waals surface area contributed by atoms with Crippen molar-refractivity contribution in [3.8, 4) is 0 Å². The van der Waals surface area contributed by atoms with E-state index in [4.69, 9.17) is 5.73 Å². The molecule has 0 heterocycles. The fraction of sp³-hybridized carbons (Fsp3) is 1.00. The average molecular weight is 197 g/mol. The zero-order chi connectivity index (χ0) is 11.2. The molecule has 0 amide bonds. The highest BCUT2D eigenvalue weighted by atomic mass is 14.7. The molecule has 2 N–H and O–H groups in total. The van der Waals surface area contributed by atoms with Crippen LogP contribution in [-0.2, 0) is 0 Å². The van der Waals surface area contributed by atoms with Gasteiger partial charge in [0.2, 0.25) is 0 Å². The summed E-state index contributed by atoms with van der Waals surface area (Å²) in [5.41, 5.74) is 7.24. The van der Waals surface area contributed by atoms with Crippen molar-refractivity contribution < 1.29 is 0 Å². The summed E-state index contributed by atoms with van der Waals surface area (Å²) in [6.07, 6.45) is 3.69. The second kappa shape index (κ2) is 3.23. The Hall–Kier alpha value is -0.0400. The molecule has 0 aromatic rings. The Labute approximate surface area is 89.5 Å². The Morgan fingerprint density at radius 1 is 1.00 bits per heavy atom. The van der Waals surface area contributed by atoms with Crippen LogP contribution in [0.2, 0.25) is 0 Å². The van der Waals surface area contributed by atoms with Gasteiger partial charge in [0, 0.05) is 6.04 Å². The maximum absolute atomic E-state index is 6.10. The van der Waals surface area contributed by atoms with Crippen LogP contribution >= 0.6 is 0 Å². The van der Waals surface area contributed by atoms with E-state index in [9.17, 15) is 0 Å². The first kappa shape index (κ1) is 12.0. The first-order valence-electron chi connectivity index (χ1n) is 5.86. The molecule has 0 radical (unpaired) electrons. The van der Waals surface area contributed by atoms with Gasteiger partial charge >= 0.3 is 0 Å². The summed E-state index contributed by atoms with van der Waals surface area (Å²) in [5.74, 6) is 0. The van der Waals surface area contributed by atoms with Crippen molar-refractivity contribution in [2.45, 2.75) is 66.8 Å². The smallest absolute Gasteiger partial charge is 0.00447 e. The van der Waals surface area contributed by atoms with E-state index in [2.05, 4.69) is 41.5 Å². The maximum Gasteiger partial charge on any atom is 0.00447 e. The van der Waals surface area contributed by atoms with Gasteiger partial charge in [0.1, 0.15) is 0 Å². The van der Waals surface area contributed by atoms with Crippen LogP contribution in [0.1, 0.15) is 60.8 Å². The molecular weight excluding hydrogens is 170 g/mol. The van der Waals surface area contributed by atoms with E-state index in [0.29, 0.717) is 22.3 Å². The van der Waals surface area contributed by atoms with Crippen LogP contribution in [-0.4, -0.2) is 6.04 Å². The number of rotatable bonds is 0. The third-order valence-corrected chi connectivity index (χ3v) is 4.42. The Balaban J connectivity index is 3.05. The largest absolute Gasteiger partial charge is 0.328 e. The Morgan fingerprint density at radius 2 is 1.43 bits per heavy atom. The average Bonchev–Trinajstić information content (AvgIpc) is 2.28. The minimum atomic E-state index is 0.360. The number of hydrogen-bond acceptors (Lipinski definition) is 1. The predicted molar refractivity (Wildman–Crippen MR) is 63.2 cm³/mol. The van der Waals surface area contributed by atoms with Gasteiger partial charge in [0.05, 0.1) is 0 Å². The number of nitrogens with two attached hydrogens (primary N) is 1. The molecule has 0 saturated heterocycles. The number of hydrogen-bond donors (Lipinski definition) is 1. The Kier molecular flexibility index (Phi) is 2.78. The van der Waals surface area contributed by atoms with Gasteiger partial charge in [-0.3, -0.25) is 0 Å². The normalized spacial score (nSPS) is 28.1. The zero-order valence-corrected chi connectivity index (χ0v) is 10.8. The van der Waals surface area contributed by atoms with E-state index in [1.807, 2.05) is 0 Å². The molecule has 1 fully saturated rings. The van der Waals surface area contributed by atoms with Gasteiger partial charge in [-0.2, -0.15) is 0 Å². The first-order valence-corrected chi connectivity index (χ1v) is 5.86. The van der Waals surface area contributed by atoms with E-state index in [-0.39, 0.29) is 0 Å². The Morgan fingerprint density at radius 3 is 1.57 bits per heavy atom. The summed E-state index contributed by atoms with van der Waals surface area (Å²) in [6.45, 7) is 14.2. The lowest BCUT2D eigenvalue weighted by Gasteiger charge is -2.52. The highest BCUT2D eigenvalue weighted by molar-refractivity contribution is 5.04. The van der Waals surface area contributed by atoms with Crippen molar-refractivity contribution in [1.29, 1.82) is 0 Å². The minimum Gasteiger partial charge on any atom is -0.328 e. The van der Waals surface area contributed by atoms with Crippen molar-refractivity contribution in [2.75, 3.05) is 0 Å². The SMILES string of the molecule is CC(C)(C)C1(C(C)(C)C)CC[C@@H](N)C1. The van der Waals surface area contributed by atoms with Gasteiger partial charge in [0.25, 0.3) is 0 Å². The molecule has 1 heteroatoms. The van der Waals surface area contributed by atoms with Crippen LogP contribution in [0.4, 0.5) is 0 Å². The summed E-state index contributed by atoms with van der Waals surface area (Å²) in [4.78, 5) is 0. The summed E-state index contributed by atoms with van der Waals surface area (Å²) < 4.78 is 0. The second-order valence-corrected chi connectivity index (χ2v) is 7.08. The summed E-state index contributed by atoms with van der Waals surface area (Å²) in [5, 5.41) is 0. The standard InChI is InChI=1S/C13H27N/c1-11(2,3)13(12(4,5)6)8-7-10(14)9-13/h10H,7-9,14H2,1-6H3/t10-/m1/s1. The summed E-state index contributed by atoms with van der Waals surface area (Å²) in [6, 6.07) is 0.424. The predicted octanol–water partition coefficient (Wildman–Crippen LogP) is 3.58. The quantitative estimate of drug-likeness (QED) is 0.631. The van der Waals surface area contributed by atoms with Gasteiger partial charge in [-0.1, -0.05) is 41.5 Å². The van der Waals surface area contributed by atoms with Crippen LogP contribution in [0, 0.1) is 16.2 Å². The van der Waals surface area contributed by atoms with Crippen LogP contribution < -0.4 is 5.73 Å². The van der Waals surface area contributed by atoms with Gasteiger partial charge < -0.3 is 5.73 Å². The molecule has 1 saturated carbocycles. The van der Waals surface area contributed by atoms with E-state index in [1.165, 1.54) is 19.3 Å². The zero-order valence-electron chi connectivity index (χ0n) is 10.8. The first-order chi connectivity index (χ1) is 6.10. The molecule has 84 valence electrons. The maximum atomic E-state index is 6.10. The van der Waals surface area contributed by atoms with Gasteiger partial charge in [0.15, 0.2) is 0 Å². The van der Waals surface area contributed by atoms with Crippen molar-refractivity contribution >= 4 is 0 Å². The molecule has 0 aromatic heterocycles. The highest BCUT2D eigenvalue weighted by Crippen LogP contribution is 2.60. The third kappa shape index (κ3) is 1.71. The van der Waals surface area contributed by atoms with E-state index in [1.54, 1.807) is 0 Å². The topological polar surface area (TPSA) is 26.0 Å². The van der Waals surface area contributed by atoms with Crippen LogP contribution in [0.5, 0.6) is 0 Å². The lowest BCUT2D eigenvalue weighted by Crippen LogP contribution is -2.45. The minimum absolute atomic E-state index is 0.360.